The van der Waals surface area contributed by atoms with E-state index in [2.05, 4.69) is 0 Å². The average molecular weight is 510 g/mol. The third kappa shape index (κ3) is 4.49. The molecule has 0 fully saturated rings. The molecule has 0 unspecified atom stereocenters. The Bertz CT molecular complexity index is 935. The number of aryl methyl sites for hydroxylation is 1. The lowest BCUT2D eigenvalue weighted by molar-refractivity contribution is -0.590. The van der Waals surface area contributed by atoms with E-state index in [0.29, 0.717) is 0 Å². The largest absolute Gasteiger partial charge is 0.741 e. The van der Waals surface area contributed by atoms with Gasteiger partial charge in [0, 0.05) is 17.2 Å². The normalized spacial score (nSPS) is 13.5. The fourth-order valence-electron chi connectivity index (χ4n) is 2.13. The van der Waals surface area contributed by atoms with Crippen LogP contribution in [0, 0.1) is 14.1 Å². The van der Waals surface area contributed by atoms with Gasteiger partial charge in [0.1, 0.15) is 0 Å². The van der Waals surface area contributed by atoms with Crippen LogP contribution in [0.5, 0.6) is 0 Å². The standard InChI is InChI=1S/C14H9F3I.CHF3O3S/c1-8-3-2-4-11-13(8)10-6-5-9(14(15,16)17)7-12(10)18-11;2-1(3,4)8(5,6)7/h2-7H,1H3;(H,5,6,7)/q+1;/p-1. The highest BCUT2D eigenvalue weighted by atomic mass is 127. The smallest absolute Gasteiger partial charge is 0.485 e. The van der Waals surface area contributed by atoms with Crippen LogP contribution in [0.2, 0.25) is 0 Å². The monoisotopic (exact) mass is 510 g/mol. The molecule has 2 aromatic rings. The zero-order valence-electron chi connectivity index (χ0n) is 12.7. The molecule has 0 atom stereocenters. The summed E-state index contributed by atoms with van der Waals surface area (Å²) in [5, 5.41) is 0. The lowest BCUT2D eigenvalue weighted by Crippen LogP contribution is -3.61. The summed E-state index contributed by atoms with van der Waals surface area (Å²) in [6.45, 7) is 2.01. The maximum absolute atomic E-state index is 12.7. The van der Waals surface area contributed by atoms with Gasteiger partial charge in [-0.25, -0.2) is 8.42 Å². The first-order valence-corrected chi connectivity index (χ1v) is 10.3. The van der Waals surface area contributed by atoms with Crippen molar-refractivity contribution in [2.24, 2.45) is 0 Å². The van der Waals surface area contributed by atoms with E-state index in [1.165, 1.54) is 15.7 Å². The number of rotatable bonds is 0. The van der Waals surface area contributed by atoms with E-state index in [1.54, 1.807) is 6.07 Å². The van der Waals surface area contributed by atoms with Crippen molar-refractivity contribution in [3.8, 4) is 11.1 Å². The average Bonchev–Trinajstić information content (AvgIpc) is 2.83. The van der Waals surface area contributed by atoms with Gasteiger partial charge in [-0.3, -0.25) is 0 Å². The van der Waals surface area contributed by atoms with Crippen molar-refractivity contribution in [3.05, 3.63) is 54.7 Å². The van der Waals surface area contributed by atoms with Crippen LogP contribution in [0.1, 0.15) is 11.1 Å². The third-order valence-corrected chi connectivity index (χ3v) is 6.80. The summed E-state index contributed by atoms with van der Waals surface area (Å²) < 4.78 is 99.0. The number of hydrogen-bond acceptors (Lipinski definition) is 3. The van der Waals surface area contributed by atoms with Crippen LogP contribution in [-0.4, -0.2) is 18.5 Å². The Kier molecular flexibility index (Phi) is 5.64. The first-order valence-electron chi connectivity index (χ1n) is 6.70. The molecule has 0 spiro atoms. The number of fused-ring (bicyclic) bond motifs is 3. The van der Waals surface area contributed by atoms with Crippen LogP contribution in [-0.2, 0) is 16.3 Å². The van der Waals surface area contributed by atoms with Gasteiger partial charge in [-0.2, -0.15) is 26.3 Å². The van der Waals surface area contributed by atoms with E-state index in [1.807, 2.05) is 25.1 Å². The minimum absolute atomic E-state index is 0.479. The van der Waals surface area contributed by atoms with Crippen LogP contribution >= 0.6 is 0 Å². The van der Waals surface area contributed by atoms with E-state index in [4.69, 9.17) is 13.0 Å². The Labute approximate surface area is 155 Å². The fraction of sp³-hybridized carbons (Fsp3) is 0.200. The molecular formula is C15H9F6IO3S. The maximum atomic E-state index is 12.7. The van der Waals surface area contributed by atoms with Crippen molar-refractivity contribution >= 4 is 10.1 Å². The van der Waals surface area contributed by atoms with E-state index < -0.39 is 48.6 Å². The summed E-state index contributed by atoms with van der Waals surface area (Å²) in [5.41, 5.74) is -2.90. The minimum Gasteiger partial charge on any atom is -0.741 e. The van der Waals surface area contributed by atoms with Gasteiger partial charge in [0.2, 0.25) is 7.14 Å². The summed E-state index contributed by atoms with van der Waals surface area (Å²) in [4.78, 5) is 0. The molecule has 0 N–H and O–H groups in total. The number of alkyl halides is 6. The zero-order valence-corrected chi connectivity index (χ0v) is 15.7. The highest BCUT2D eigenvalue weighted by Crippen LogP contribution is 2.33. The Morgan fingerprint density at radius 1 is 0.962 bits per heavy atom. The van der Waals surface area contributed by atoms with Crippen molar-refractivity contribution in [1.82, 2.24) is 0 Å². The quantitative estimate of drug-likeness (QED) is 0.198. The molecule has 3 nitrogen and oxygen atoms in total. The lowest BCUT2D eigenvalue weighted by atomic mass is 9.99. The van der Waals surface area contributed by atoms with Crippen LogP contribution in [0.4, 0.5) is 26.3 Å². The zero-order chi connectivity index (χ0) is 19.9. The topological polar surface area (TPSA) is 57.2 Å². The van der Waals surface area contributed by atoms with Crippen LogP contribution in [0.15, 0.2) is 36.4 Å². The van der Waals surface area contributed by atoms with Crippen LogP contribution in [0.3, 0.4) is 0 Å². The highest BCUT2D eigenvalue weighted by Gasteiger charge is 2.39. The molecular weight excluding hydrogens is 501 g/mol. The lowest BCUT2D eigenvalue weighted by Gasteiger charge is -2.08. The van der Waals surface area contributed by atoms with E-state index >= 15 is 0 Å². The molecule has 0 aromatic heterocycles. The fourth-order valence-corrected chi connectivity index (χ4v) is 5.36. The van der Waals surface area contributed by atoms with Gasteiger partial charge in [0.25, 0.3) is 0 Å². The Morgan fingerprint density at radius 3 is 2.04 bits per heavy atom. The van der Waals surface area contributed by atoms with Crippen molar-refractivity contribution < 1.29 is 60.5 Å². The third-order valence-electron chi connectivity index (χ3n) is 3.27. The van der Waals surface area contributed by atoms with Gasteiger partial charge in [-0.1, -0.05) is 12.1 Å². The van der Waals surface area contributed by atoms with Gasteiger partial charge in [-0.05, 0) is 30.7 Å². The highest BCUT2D eigenvalue weighted by molar-refractivity contribution is 7.86. The van der Waals surface area contributed by atoms with Crippen LogP contribution < -0.4 is 21.2 Å². The molecule has 142 valence electrons. The first-order chi connectivity index (χ1) is 11.7. The Morgan fingerprint density at radius 2 is 1.54 bits per heavy atom. The van der Waals surface area contributed by atoms with Gasteiger partial charge in [0.15, 0.2) is 10.1 Å². The number of hydrogen-bond donors (Lipinski definition) is 0. The molecule has 0 saturated heterocycles. The molecule has 0 saturated carbocycles. The minimum atomic E-state index is -6.09. The second-order valence-corrected chi connectivity index (χ2v) is 9.35. The summed E-state index contributed by atoms with van der Waals surface area (Å²) in [6.07, 6.45) is -4.25. The molecule has 3 rings (SSSR count). The summed E-state index contributed by atoms with van der Waals surface area (Å²) in [6, 6.07) is 10.1. The molecule has 1 aliphatic heterocycles. The van der Waals surface area contributed by atoms with Crippen molar-refractivity contribution in [2.45, 2.75) is 18.6 Å². The molecule has 0 radical (unpaired) electrons. The van der Waals surface area contributed by atoms with Gasteiger partial charge in [0.05, 0.1) is 5.56 Å². The summed E-state index contributed by atoms with van der Waals surface area (Å²) in [5.74, 6) is 0. The Balaban J connectivity index is 0.000000260. The Hall–Kier alpha value is -1.34. The van der Waals surface area contributed by atoms with Crippen molar-refractivity contribution in [3.63, 3.8) is 0 Å². The van der Waals surface area contributed by atoms with Crippen LogP contribution in [0.25, 0.3) is 11.1 Å². The summed E-state index contributed by atoms with van der Waals surface area (Å²) in [7, 11) is -6.09. The second-order valence-electron chi connectivity index (χ2n) is 5.12. The second kappa shape index (κ2) is 7.00. The summed E-state index contributed by atoms with van der Waals surface area (Å²) >= 11 is -0.479. The van der Waals surface area contributed by atoms with Gasteiger partial charge >= 0.3 is 32.9 Å². The van der Waals surface area contributed by atoms with Crippen molar-refractivity contribution in [2.75, 3.05) is 0 Å². The molecule has 1 heterocycles. The van der Waals surface area contributed by atoms with Gasteiger partial charge in [-0.15, -0.1) is 0 Å². The van der Waals surface area contributed by atoms with Gasteiger partial charge < -0.3 is 4.55 Å². The first kappa shape index (κ1) is 21.0. The molecule has 26 heavy (non-hydrogen) atoms. The molecule has 0 aliphatic carbocycles. The number of halogens is 7. The predicted octanol–water partition coefficient (Wildman–Crippen LogP) is 1.17. The molecule has 0 bridgehead atoms. The van der Waals surface area contributed by atoms with Crippen molar-refractivity contribution in [1.29, 1.82) is 0 Å². The maximum Gasteiger partial charge on any atom is 0.485 e. The molecule has 0 amide bonds. The predicted molar refractivity (Wildman–Crippen MR) is 74.8 cm³/mol. The van der Waals surface area contributed by atoms with E-state index in [-0.39, 0.29) is 0 Å². The number of benzene rings is 2. The molecule has 1 aliphatic rings. The molecule has 2 aromatic carbocycles. The SMILES string of the molecule is Cc1cccc2c1-c1ccc(C(F)(F)F)cc1[I+]2.O=S(=O)([O-])C(F)(F)F. The van der Waals surface area contributed by atoms with E-state index in [0.717, 1.165) is 20.3 Å². The van der Waals surface area contributed by atoms with E-state index in [9.17, 15) is 26.3 Å². The molecule has 11 heteroatoms.